The van der Waals surface area contributed by atoms with Crippen LogP contribution < -0.4 is 10.1 Å². The fourth-order valence-corrected chi connectivity index (χ4v) is 9.18. The number of piperidine rings is 1. The van der Waals surface area contributed by atoms with E-state index in [4.69, 9.17) is 38.0 Å². The van der Waals surface area contributed by atoms with Crippen molar-refractivity contribution in [2.45, 2.75) is 63.0 Å². The van der Waals surface area contributed by atoms with Crippen molar-refractivity contribution >= 4 is 61.9 Å². The number of carbonyl (C=O) groups excluding carboxylic acids is 2. The third-order valence-corrected chi connectivity index (χ3v) is 12.2. The number of carbonyl (C=O) groups is 3. The number of carboxylic acid groups (broad SMARTS) is 1. The summed E-state index contributed by atoms with van der Waals surface area (Å²) in [5, 5.41) is 12.7. The summed E-state index contributed by atoms with van der Waals surface area (Å²) in [6, 6.07) is 9.39. The monoisotopic (exact) mass is 756 g/mol. The predicted molar refractivity (Wildman–Crippen MR) is 190 cm³/mol. The number of aromatic nitrogens is 3. The molecule has 2 aliphatic rings. The van der Waals surface area contributed by atoms with Crippen LogP contribution in [0, 0.1) is 12.8 Å². The van der Waals surface area contributed by atoms with E-state index in [0.717, 1.165) is 16.8 Å². The van der Waals surface area contributed by atoms with Crippen LogP contribution in [-0.2, 0) is 31.0 Å². The van der Waals surface area contributed by atoms with Crippen LogP contribution in [0.25, 0.3) is 16.6 Å². The second-order valence-electron chi connectivity index (χ2n) is 12.8. The van der Waals surface area contributed by atoms with E-state index in [9.17, 15) is 22.8 Å². The number of sulfonamides is 1. The first kappa shape index (κ1) is 36.5. The number of hydrogen-bond acceptors (Lipinski definition) is 8. The van der Waals surface area contributed by atoms with Gasteiger partial charge in [-0.25, -0.2) is 18.4 Å². The second-order valence-corrected chi connectivity index (χ2v) is 15.4. The number of likely N-dealkylation sites (tertiary alicyclic amines) is 1. The molecule has 4 heterocycles. The number of halogens is 2. The molecule has 0 saturated carbocycles. The summed E-state index contributed by atoms with van der Waals surface area (Å²) >= 11 is 13.3. The van der Waals surface area contributed by atoms with Gasteiger partial charge in [0.25, 0.3) is 0 Å². The molecule has 1 atom stereocenters. The molecule has 2 aliphatic heterocycles. The van der Waals surface area contributed by atoms with Crippen LogP contribution in [0.5, 0.6) is 5.75 Å². The van der Waals surface area contributed by atoms with Crippen LogP contribution in [0.3, 0.4) is 0 Å². The maximum Gasteiger partial charge on any atom is 0.303 e. The molecule has 6 rings (SSSR count). The molecule has 0 unspecified atom stereocenters. The van der Waals surface area contributed by atoms with E-state index in [1.54, 1.807) is 23.5 Å². The molecule has 0 radical (unpaired) electrons. The lowest BCUT2D eigenvalue weighted by Crippen LogP contribution is -2.48. The SMILES string of the molecule is Cc1cc(-n2ccnc2)c2cccc(OCc3c(Cl)ccc(S(=O)(=O)N4CCC[C@H]4C(=O)NCC4CCN(C(=O)CCC(=O)O)CC4)c3Cl)c2n1. The minimum absolute atomic E-state index is 0.0371. The predicted octanol–water partition coefficient (Wildman–Crippen LogP) is 4.99. The Hall–Kier alpha value is -4.24. The molecule has 270 valence electrons. The average Bonchev–Trinajstić information content (AvgIpc) is 3.83. The molecule has 2 aromatic carbocycles. The van der Waals surface area contributed by atoms with Crippen LogP contribution in [-0.4, -0.2) is 87.3 Å². The third-order valence-electron chi connectivity index (χ3n) is 9.39. The molecule has 2 aromatic heterocycles. The van der Waals surface area contributed by atoms with Crippen LogP contribution in [0.15, 0.2) is 60.0 Å². The number of fused-ring (bicyclic) bond motifs is 1. The molecule has 13 nitrogen and oxygen atoms in total. The van der Waals surface area contributed by atoms with Gasteiger partial charge in [-0.15, -0.1) is 0 Å². The Labute approximate surface area is 305 Å². The van der Waals surface area contributed by atoms with Crippen molar-refractivity contribution in [1.82, 2.24) is 29.1 Å². The number of imidazole rings is 1. The summed E-state index contributed by atoms with van der Waals surface area (Å²) in [4.78, 5) is 46.8. The topological polar surface area (TPSA) is 164 Å². The summed E-state index contributed by atoms with van der Waals surface area (Å²) in [5.74, 6) is -1.02. The Morgan fingerprint density at radius 1 is 1.06 bits per heavy atom. The Balaban J connectivity index is 1.13. The zero-order chi connectivity index (χ0) is 36.3. The summed E-state index contributed by atoms with van der Waals surface area (Å²) < 4.78 is 37.4. The molecular formula is C35H38Cl2N6O7S. The number of amides is 2. The Bertz CT molecular complexity index is 2050. The molecule has 0 spiro atoms. The van der Waals surface area contributed by atoms with E-state index in [2.05, 4.69) is 10.3 Å². The number of aryl methyl sites for hydroxylation is 1. The van der Waals surface area contributed by atoms with Gasteiger partial charge < -0.3 is 24.6 Å². The first-order chi connectivity index (χ1) is 24.4. The van der Waals surface area contributed by atoms with Crippen LogP contribution in [0.1, 0.15) is 49.8 Å². The van der Waals surface area contributed by atoms with Gasteiger partial charge in [0.2, 0.25) is 21.8 Å². The van der Waals surface area contributed by atoms with E-state index in [0.29, 0.717) is 56.6 Å². The normalized spacial score (nSPS) is 17.2. The molecule has 4 aromatic rings. The lowest BCUT2D eigenvalue weighted by atomic mass is 9.96. The largest absolute Gasteiger partial charge is 0.487 e. The zero-order valence-electron chi connectivity index (χ0n) is 27.9. The highest BCUT2D eigenvalue weighted by Gasteiger charge is 2.41. The Kier molecular flexibility index (Phi) is 11.2. The number of pyridine rings is 1. The molecular weight excluding hydrogens is 719 g/mol. The fraction of sp³-hybridized carbons (Fsp3) is 0.400. The molecule has 2 fully saturated rings. The molecule has 0 aliphatic carbocycles. The van der Waals surface area contributed by atoms with Crippen LogP contribution >= 0.6 is 23.2 Å². The summed E-state index contributed by atoms with van der Waals surface area (Å²) in [6.07, 6.45) is 7.15. The highest BCUT2D eigenvalue weighted by molar-refractivity contribution is 7.89. The number of benzene rings is 2. The maximum atomic E-state index is 14.1. The number of nitrogens with zero attached hydrogens (tertiary/aromatic N) is 5. The molecule has 2 amide bonds. The number of carboxylic acids is 1. The standard InChI is InChI=1S/C35H38Cl2N6O7S/c1-22-18-28(42-17-13-38-21-42)24-4-2-6-29(34(24)40-22)50-20-25-26(36)7-8-30(33(25)37)51(48,49)43-14-3-5-27(43)35(47)39-19-23-11-15-41(16-12-23)31(44)9-10-32(45)46/h2,4,6-8,13,17-18,21,23,27H,3,5,9-12,14-16,19-20H2,1H3,(H,39,47)(H,45,46)/t27-/m0/s1. The summed E-state index contributed by atoms with van der Waals surface area (Å²) in [7, 11) is -4.21. The van der Waals surface area contributed by atoms with Crippen LogP contribution in [0.2, 0.25) is 10.0 Å². The van der Waals surface area contributed by atoms with Gasteiger partial charge in [-0.1, -0.05) is 35.3 Å². The van der Waals surface area contributed by atoms with Crippen molar-refractivity contribution in [3.63, 3.8) is 0 Å². The fourth-order valence-electron chi connectivity index (χ4n) is 6.66. The zero-order valence-corrected chi connectivity index (χ0v) is 30.3. The van der Waals surface area contributed by atoms with Gasteiger partial charge >= 0.3 is 5.97 Å². The summed E-state index contributed by atoms with van der Waals surface area (Å²) in [6.45, 7) is 3.20. The van der Waals surface area contributed by atoms with Gasteiger partial charge in [0.05, 0.1) is 23.5 Å². The second kappa shape index (κ2) is 15.6. The van der Waals surface area contributed by atoms with Gasteiger partial charge in [-0.3, -0.25) is 14.4 Å². The molecule has 16 heteroatoms. The number of rotatable bonds is 12. The summed E-state index contributed by atoms with van der Waals surface area (Å²) in [5.41, 5.74) is 2.54. The molecule has 2 saturated heterocycles. The van der Waals surface area contributed by atoms with Crippen LogP contribution in [0.4, 0.5) is 0 Å². The van der Waals surface area contributed by atoms with Crippen molar-refractivity contribution in [1.29, 1.82) is 0 Å². The minimum Gasteiger partial charge on any atom is -0.487 e. The van der Waals surface area contributed by atoms with E-state index >= 15 is 0 Å². The highest BCUT2D eigenvalue weighted by atomic mass is 35.5. The number of hydrogen-bond donors (Lipinski definition) is 2. The first-order valence-corrected chi connectivity index (χ1v) is 18.9. The smallest absolute Gasteiger partial charge is 0.303 e. The lowest BCUT2D eigenvalue weighted by molar-refractivity contribution is -0.141. The Morgan fingerprint density at radius 2 is 1.84 bits per heavy atom. The lowest BCUT2D eigenvalue weighted by Gasteiger charge is -2.32. The minimum atomic E-state index is -4.21. The quantitative estimate of drug-likeness (QED) is 0.203. The van der Waals surface area contributed by atoms with Gasteiger partial charge in [0.1, 0.15) is 28.8 Å². The number of para-hydroxylation sites is 1. The van der Waals surface area contributed by atoms with Crippen molar-refractivity contribution < 1.29 is 32.6 Å². The van der Waals surface area contributed by atoms with E-state index in [1.807, 2.05) is 35.9 Å². The molecule has 2 N–H and O–H groups in total. The first-order valence-electron chi connectivity index (χ1n) is 16.7. The maximum absolute atomic E-state index is 14.1. The number of ether oxygens (including phenoxy) is 1. The van der Waals surface area contributed by atoms with Gasteiger partial charge in [0, 0.05) is 66.7 Å². The van der Waals surface area contributed by atoms with Gasteiger partial charge in [0.15, 0.2) is 0 Å². The van der Waals surface area contributed by atoms with Crippen molar-refractivity contribution in [2.24, 2.45) is 5.92 Å². The van der Waals surface area contributed by atoms with E-state index in [1.165, 1.54) is 16.4 Å². The number of nitrogens with one attached hydrogen (secondary N) is 1. The van der Waals surface area contributed by atoms with Gasteiger partial charge in [-0.2, -0.15) is 4.31 Å². The van der Waals surface area contributed by atoms with Gasteiger partial charge in [-0.05, 0) is 62.8 Å². The van der Waals surface area contributed by atoms with Crippen molar-refractivity contribution in [3.8, 4) is 11.4 Å². The number of aliphatic carboxylic acids is 1. The molecule has 0 bridgehead atoms. The Morgan fingerprint density at radius 3 is 2.57 bits per heavy atom. The van der Waals surface area contributed by atoms with E-state index < -0.39 is 27.9 Å². The van der Waals surface area contributed by atoms with Crippen molar-refractivity contribution in [2.75, 3.05) is 26.2 Å². The van der Waals surface area contributed by atoms with E-state index in [-0.39, 0.29) is 58.3 Å². The third kappa shape index (κ3) is 7.98. The highest BCUT2D eigenvalue weighted by Crippen LogP contribution is 2.37. The molecule has 51 heavy (non-hydrogen) atoms. The van der Waals surface area contributed by atoms with Crippen molar-refractivity contribution in [3.05, 3.63) is 76.4 Å². The average molecular weight is 758 g/mol.